The Bertz CT molecular complexity index is 619. The zero-order valence-electron chi connectivity index (χ0n) is 10.9. The molecular formula is C15H14BrF2NO. The van der Waals surface area contributed by atoms with Crippen LogP contribution in [-0.2, 0) is 6.42 Å². The van der Waals surface area contributed by atoms with Gasteiger partial charge in [-0.2, -0.15) is 0 Å². The zero-order chi connectivity index (χ0) is 14.7. The highest BCUT2D eigenvalue weighted by atomic mass is 79.9. The summed E-state index contributed by atoms with van der Waals surface area (Å²) in [7, 11) is 1.57. The topological polar surface area (TPSA) is 35.2 Å². The molecule has 106 valence electrons. The van der Waals surface area contributed by atoms with E-state index in [-0.39, 0.29) is 5.56 Å². The van der Waals surface area contributed by atoms with Crippen LogP contribution >= 0.6 is 15.9 Å². The van der Waals surface area contributed by atoms with Gasteiger partial charge in [-0.3, -0.25) is 0 Å². The summed E-state index contributed by atoms with van der Waals surface area (Å²) in [5, 5.41) is 0. The van der Waals surface area contributed by atoms with Gasteiger partial charge in [0, 0.05) is 22.1 Å². The maximum absolute atomic E-state index is 13.7. The fraction of sp³-hybridized carbons (Fsp3) is 0.200. The van der Waals surface area contributed by atoms with E-state index in [9.17, 15) is 8.78 Å². The number of rotatable bonds is 4. The number of nitrogens with two attached hydrogens (primary N) is 1. The third kappa shape index (κ3) is 3.35. The minimum absolute atomic E-state index is 0.286. The fourth-order valence-electron chi connectivity index (χ4n) is 2.06. The summed E-state index contributed by atoms with van der Waals surface area (Å²) >= 11 is 3.38. The molecule has 0 bridgehead atoms. The van der Waals surface area contributed by atoms with E-state index in [1.807, 2.05) is 18.2 Å². The molecule has 0 aliphatic heterocycles. The van der Waals surface area contributed by atoms with Crippen LogP contribution in [0.1, 0.15) is 17.2 Å². The average Bonchev–Trinajstić information content (AvgIpc) is 2.38. The van der Waals surface area contributed by atoms with Crippen molar-refractivity contribution in [3.8, 4) is 5.75 Å². The molecule has 1 unspecified atom stereocenters. The van der Waals surface area contributed by atoms with E-state index >= 15 is 0 Å². The summed E-state index contributed by atoms with van der Waals surface area (Å²) in [6.07, 6.45) is 0.394. The van der Waals surface area contributed by atoms with Crippen LogP contribution in [-0.4, -0.2) is 7.11 Å². The summed E-state index contributed by atoms with van der Waals surface area (Å²) in [4.78, 5) is 0. The standard InChI is InChI=1S/C15H14BrF2NO/c1-20-15-5-2-10(16)6-9(15)7-14(19)12-4-3-11(17)8-13(12)18/h2-6,8,14H,7,19H2,1H3. The maximum Gasteiger partial charge on any atom is 0.130 e. The van der Waals surface area contributed by atoms with Gasteiger partial charge >= 0.3 is 0 Å². The van der Waals surface area contributed by atoms with Crippen molar-refractivity contribution in [2.75, 3.05) is 7.11 Å². The summed E-state index contributed by atoms with van der Waals surface area (Å²) in [6, 6.07) is 8.39. The van der Waals surface area contributed by atoms with Crippen molar-refractivity contribution in [1.82, 2.24) is 0 Å². The van der Waals surface area contributed by atoms with Crippen LogP contribution in [0.15, 0.2) is 40.9 Å². The minimum Gasteiger partial charge on any atom is -0.496 e. The molecule has 2 aromatic rings. The first-order valence-corrected chi connectivity index (χ1v) is 6.83. The van der Waals surface area contributed by atoms with Gasteiger partial charge < -0.3 is 10.5 Å². The van der Waals surface area contributed by atoms with Gasteiger partial charge in [-0.05, 0) is 36.2 Å². The van der Waals surface area contributed by atoms with E-state index in [4.69, 9.17) is 10.5 Å². The monoisotopic (exact) mass is 341 g/mol. The second-order valence-corrected chi connectivity index (χ2v) is 5.35. The number of methoxy groups -OCH3 is 1. The molecule has 0 heterocycles. The van der Waals surface area contributed by atoms with Crippen molar-refractivity contribution in [2.45, 2.75) is 12.5 Å². The van der Waals surface area contributed by atoms with Gasteiger partial charge in [-0.25, -0.2) is 8.78 Å². The lowest BCUT2D eigenvalue weighted by Gasteiger charge is -2.15. The predicted octanol–water partition coefficient (Wildman–Crippen LogP) is 3.98. The Labute approximate surface area is 124 Å². The number of ether oxygens (including phenoxy) is 1. The Morgan fingerprint density at radius 3 is 2.60 bits per heavy atom. The Hall–Kier alpha value is -1.46. The molecule has 2 N–H and O–H groups in total. The van der Waals surface area contributed by atoms with Gasteiger partial charge in [0.25, 0.3) is 0 Å². The molecule has 0 aromatic heterocycles. The summed E-state index contributed by atoms with van der Waals surface area (Å²) in [5.41, 5.74) is 7.16. The molecule has 0 saturated carbocycles. The van der Waals surface area contributed by atoms with Crippen molar-refractivity contribution in [2.24, 2.45) is 5.73 Å². The summed E-state index contributed by atoms with van der Waals surface area (Å²) < 4.78 is 32.8. The van der Waals surface area contributed by atoms with Gasteiger partial charge in [-0.1, -0.05) is 22.0 Å². The van der Waals surface area contributed by atoms with Crippen LogP contribution in [0.25, 0.3) is 0 Å². The molecule has 0 aliphatic carbocycles. The number of benzene rings is 2. The second-order valence-electron chi connectivity index (χ2n) is 4.43. The summed E-state index contributed by atoms with van der Waals surface area (Å²) in [6.45, 7) is 0. The van der Waals surface area contributed by atoms with Crippen molar-refractivity contribution in [3.05, 3.63) is 63.6 Å². The third-order valence-electron chi connectivity index (χ3n) is 3.04. The highest BCUT2D eigenvalue weighted by molar-refractivity contribution is 9.10. The van der Waals surface area contributed by atoms with Gasteiger partial charge in [0.15, 0.2) is 0 Å². The normalized spacial score (nSPS) is 12.2. The van der Waals surface area contributed by atoms with Crippen molar-refractivity contribution in [3.63, 3.8) is 0 Å². The molecular weight excluding hydrogens is 328 g/mol. The highest BCUT2D eigenvalue weighted by Crippen LogP contribution is 2.28. The summed E-state index contributed by atoms with van der Waals surface area (Å²) in [5.74, 6) is -0.559. The highest BCUT2D eigenvalue weighted by Gasteiger charge is 2.15. The molecule has 0 amide bonds. The Kier molecular flexibility index (Phi) is 4.73. The molecule has 2 rings (SSSR count). The maximum atomic E-state index is 13.7. The van der Waals surface area contributed by atoms with E-state index in [2.05, 4.69) is 15.9 Å². The first-order chi connectivity index (χ1) is 9.51. The van der Waals surface area contributed by atoms with E-state index in [0.717, 1.165) is 16.1 Å². The smallest absolute Gasteiger partial charge is 0.130 e. The number of hydrogen-bond donors (Lipinski definition) is 1. The van der Waals surface area contributed by atoms with Gasteiger partial charge in [0.1, 0.15) is 17.4 Å². The number of hydrogen-bond acceptors (Lipinski definition) is 2. The quantitative estimate of drug-likeness (QED) is 0.912. The molecule has 0 radical (unpaired) electrons. The molecule has 0 aliphatic rings. The molecule has 2 aromatic carbocycles. The Morgan fingerprint density at radius 1 is 1.20 bits per heavy atom. The molecule has 1 atom stereocenters. The molecule has 2 nitrogen and oxygen atoms in total. The van der Waals surface area contributed by atoms with E-state index < -0.39 is 17.7 Å². The lowest BCUT2D eigenvalue weighted by Crippen LogP contribution is -2.15. The largest absolute Gasteiger partial charge is 0.496 e. The molecule has 0 saturated heterocycles. The molecule has 5 heteroatoms. The second kappa shape index (κ2) is 6.33. The van der Waals surface area contributed by atoms with Crippen LogP contribution < -0.4 is 10.5 Å². The molecule has 0 spiro atoms. The van der Waals surface area contributed by atoms with E-state index in [0.29, 0.717) is 12.2 Å². The number of halogens is 3. The Balaban J connectivity index is 2.27. The first kappa shape index (κ1) is 14.9. The van der Waals surface area contributed by atoms with E-state index in [1.165, 1.54) is 12.1 Å². The van der Waals surface area contributed by atoms with Crippen molar-refractivity contribution in [1.29, 1.82) is 0 Å². The predicted molar refractivity (Wildman–Crippen MR) is 77.7 cm³/mol. The van der Waals surface area contributed by atoms with Gasteiger partial charge in [0.05, 0.1) is 7.11 Å². The third-order valence-corrected chi connectivity index (χ3v) is 3.54. The molecule has 20 heavy (non-hydrogen) atoms. The SMILES string of the molecule is COc1ccc(Br)cc1CC(N)c1ccc(F)cc1F. The van der Waals surface area contributed by atoms with Crippen LogP contribution in [0.4, 0.5) is 8.78 Å². The van der Waals surface area contributed by atoms with Crippen LogP contribution in [0.5, 0.6) is 5.75 Å². The van der Waals surface area contributed by atoms with Crippen LogP contribution in [0.3, 0.4) is 0 Å². The van der Waals surface area contributed by atoms with Gasteiger partial charge in [0.2, 0.25) is 0 Å². The van der Waals surface area contributed by atoms with Crippen molar-refractivity contribution >= 4 is 15.9 Å². The first-order valence-electron chi connectivity index (χ1n) is 6.04. The van der Waals surface area contributed by atoms with Gasteiger partial charge in [-0.15, -0.1) is 0 Å². The fourth-order valence-corrected chi connectivity index (χ4v) is 2.46. The molecule has 0 fully saturated rings. The minimum atomic E-state index is -0.633. The van der Waals surface area contributed by atoms with Crippen LogP contribution in [0, 0.1) is 11.6 Å². The Morgan fingerprint density at radius 2 is 1.95 bits per heavy atom. The van der Waals surface area contributed by atoms with Crippen molar-refractivity contribution < 1.29 is 13.5 Å². The lowest BCUT2D eigenvalue weighted by atomic mass is 9.98. The zero-order valence-corrected chi connectivity index (χ0v) is 12.5. The lowest BCUT2D eigenvalue weighted by molar-refractivity contribution is 0.407. The van der Waals surface area contributed by atoms with E-state index in [1.54, 1.807) is 7.11 Å². The van der Waals surface area contributed by atoms with Crippen LogP contribution in [0.2, 0.25) is 0 Å². The average molecular weight is 342 g/mol.